The second kappa shape index (κ2) is 7.30. The summed E-state index contributed by atoms with van der Waals surface area (Å²) in [5.41, 5.74) is 0.765. The molecule has 3 N–H and O–H groups in total. The molecule has 0 saturated heterocycles. The first kappa shape index (κ1) is 19.3. The van der Waals surface area contributed by atoms with Crippen LogP contribution in [0, 0.1) is 11.6 Å². The van der Waals surface area contributed by atoms with E-state index >= 15 is 0 Å². The lowest BCUT2D eigenvalue weighted by atomic mass is 9.92. The van der Waals surface area contributed by atoms with Gasteiger partial charge in [-0.05, 0) is 36.4 Å². The van der Waals surface area contributed by atoms with Gasteiger partial charge in [-0.2, -0.15) is 5.10 Å². The van der Waals surface area contributed by atoms with Crippen LogP contribution in [0.1, 0.15) is 26.5 Å². The number of phenols is 1. The van der Waals surface area contributed by atoms with Gasteiger partial charge in [0.25, 0.3) is 0 Å². The van der Waals surface area contributed by atoms with Crippen molar-refractivity contribution in [3.8, 4) is 11.4 Å². The van der Waals surface area contributed by atoms with E-state index in [9.17, 15) is 18.7 Å². The first-order valence-corrected chi connectivity index (χ1v) is 8.57. The summed E-state index contributed by atoms with van der Waals surface area (Å²) < 4.78 is 28.6. The van der Waals surface area contributed by atoms with Gasteiger partial charge in [0.05, 0.1) is 17.1 Å². The average Bonchev–Trinajstić information content (AvgIpc) is 3.04. The fourth-order valence-electron chi connectivity index (χ4n) is 2.50. The Balaban J connectivity index is 1.91. The van der Waals surface area contributed by atoms with Crippen molar-refractivity contribution in [3.63, 3.8) is 0 Å². The van der Waals surface area contributed by atoms with Gasteiger partial charge in [-0.1, -0.05) is 26.8 Å². The van der Waals surface area contributed by atoms with E-state index in [2.05, 4.69) is 15.7 Å². The fraction of sp³-hybridized carbons (Fsp3) is 0.200. The lowest BCUT2D eigenvalue weighted by Gasteiger charge is -2.14. The standard InChI is InChI=1S/C20H20F2N4O2/c1-20(2,3)16-11-17(26(25-16)12-7-9-13(27)10-8-12)24-19(28)23-15-6-4-5-14(21)18(15)22/h4-11,27H,1-3H3,(H2,23,24,28). The van der Waals surface area contributed by atoms with Gasteiger partial charge in [-0.15, -0.1) is 0 Å². The monoisotopic (exact) mass is 386 g/mol. The van der Waals surface area contributed by atoms with Crippen LogP contribution in [-0.4, -0.2) is 20.9 Å². The number of halogens is 2. The number of amides is 2. The van der Waals surface area contributed by atoms with Crippen molar-refractivity contribution in [1.82, 2.24) is 9.78 Å². The van der Waals surface area contributed by atoms with E-state index in [1.807, 2.05) is 20.8 Å². The van der Waals surface area contributed by atoms with E-state index in [0.29, 0.717) is 17.2 Å². The van der Waals surface area contributed by atoms with Crippen molar-refractivity contribution in [2.45, 2.75) is 26.2 Å². The van der Waals surface area contributed by atoms with Gasteiger partial charge in [0.2, 0.25) is 0 Å². The van der Waals surface area contributed by atoms with Crippen LogP contribution in [0.25, 0.3) is 5.69 Å². The molecule has 0 aliphatic heterocycles. The Morgan fingerprint density at radius 1 is 1.07 bits per heavy atom. The van der Waals surface area contributed by atoms with Crippen LogP contribution < -0.4 is 10.6 Å². The van der Waals surface area contributed by atoms with Crippen LogP contribution >= 0.6 is 0 Å². The van der Waals surface area contributed by atoms with Gasteiger partial charge >= 0.3 is 6.03 Å². The number of anilines is 2. The summed E-state index contributed by atoms with van der Waals surface area (Å²) in [5.74, 6) is -1.76. The molecule has 3 aromatic rings. The largest absolute Gasteiger partial charge is 0.508 e. The lowest BCUT2D eigenvalue weighted by molar-refractivity contribution is 0.262. The second-order valence-corrected chi connectivity index (χ2v) is 7.27. The van der Waals surface area contributed by atoms with Crippen molar-refractivity contribution in [3.05, 3.63) is 65.9 Å². The normalized spacial score (nSPS) is 11.3. The third-order valence-electron chi connectivity index (χ3n) is 4.01. The Morgan fingerprint density at radius 2 is 1.75 bits per heavy atom. The van der Waals surface area contributed by atoms with Crippen molar-refractivity contribution in [1.29, 1.82) is 0 Å². The lowest BCUT2D eigenvalue weighted by Crippen LogP contribution is -2.22. The average molecular weight is 386 g/mol. The van der Waals surface area contributed by atoms with Crippen LogP contribution in [0.3, 0.4) is 0 Å². The van der Waals surface area contributed by atoms with Crippen LogP contribution in [0.15, 0.2) is 48.5 Å². The third-order valence-corrected chi connectivity index (χ3v) is 4.01. The smallest absolute Gasteiger partial charge is 0.324 e. The maximum absolute atomic E-state index is 13.8. The molecule has 3 rings (SSSR count). The topological polar surface area (TPSA) is 79.2 Å². The molecule has 0 aliphatic carbocycles. The number of aromatic hydroxyl groups is 1. The van der Waals surface area contributed by atoms with E-state index < -0.39 is 17.7 Å². The highest BCUT2D eigenvalue weighted by molar-refractivity contribution is 5.99. The van der Waals surface area contributed by atoms with Gasteiger partial charge in [-0.3, -0.25) is 5.32 Å². The van der Waals surface area contributed by atoms with E-state index in [-0.39, 0.29) is 16.9 Å². The zero-order valence-corrected chi connectivity index (χ0v) is 15.6. The maximum atomic E-state index is 13.8. The molecule has 0 saturated carbocycles. The van der Waals surface area contributed by atoms with E-state index in [1.165, 1.54) is 28.9 Å². The van der Waals surface area contributed by atoms with E-state index in [1.54, 1.807) is 18.2 Å². The van der Waals surface area contributed by atoms with Gasteiger partial charge < -0.3 is 10.4 Å². The minimum absolute atomic E-state index is 0.0979. The first-order chi connectivity index (χ1) is 13.1. The number of aromatic nitrogens is 2. The molecule has 2 aromatic carbocycles. The number of hydrogen-bond donors (Lipinski definition) is 3. The summed E-state index contributed by atoms with van der Waals surface area (Å²) in [6.45, 7) is 5.92. The Hall–Kier alpha value is -3.42. The number of nitrogens with one attached hydrogen (secondary N) is 2. The number of benzene rings is 2. The first-order valence-electron chi connectivity index (χ1n) is 8.57. The molecule has 0 bridgehead atoms. The molecule has 0 atom stereocenters. The van der Waals surface area contributed by atoms with Crippen molar-refractivity contribution in [2.24, 2.45) is 0 Å². The number of carbonyl (C=O) groups excluding carboxylic acids is 1. The van der Waals surface area contributed by atoms with Crippen molar-refractivity contribution < 1.29 is 18.7 Å². The molecule has 1 heterocycles. The molecule has 6 nitrogen and oxygen atoms in total. The molecule has 0 spiro atoms. The zero-order valence-electron chi connectivity index (χ0n) is 15.6. The molecule has 2 amide bonds. The number of nitrogens with zero attached hydrogens (tertiary/aromatic N) is 2. The van der Waals surface area contributed by atoms with Crippen LogP contribution in [-0.2, 0) is 5.41 Å². The second-order valence-electron chi connectivity index (χ2n) is 7.27. The number of urea groups is 1. The summed E-state index contributed by atoms with van der Waals surface area (Å²) in [7, 11) is 0. The maximum Gasteiger partial charge on any atom is 0.324 e. The highest BCUT2D eigenvalue weighted by Gasteiger charge is 2.22. The molecule has 0 fully saturated rings. The van der Waals surface area contributed by atoms with Crippen LogP contribution in [0.5, 0.6) is 5.75 Å². The summed E-state index contributed by atoms with van der Waals surface area (Å²) in [4.78, 5) is 12.3. The molecule has 0 aliphatic rings. The third kappa shape index (κ3) is 4.11. The van der Waals surface area contributed by atoms with Crippen molar-refractivity contribution in [2.75, 3.05) is 10.6 Å². The predicted molar refractivity (Wildman–Crippen MR) is 103 cm³/mol. The minimum atomic E-state index is -1.14. The number of hydrogen-bond acceptors (Lipinski definition) is 3. The quantitative estimate of drug-likeness (QED) is 0.605. The highest BCUT2D eigenvalue weighted by Crippen LogP contribution is 2.27. The Labute approximate surface area is 160 Å². The summed E-state index contributed by atoms with van der Waals surface area (Å²) >= 11 is 0. The number of rotatable bonds is 3. The minimum Gasteiger partial charge on any atom is -0.508 e. The molecule has 1 aromatic heterocycles. The summed E-state index contributed by atoms with van der Waals surface area (Å²) in [6, 6.07) is 10.8. The predicted octanol–water partition coefficient (Wildman–Crippen LogP) is 4.80. The van der Waals surface area contributed by atoms with Gasteiger partial charge in [0, 0.05) is 11.5 Å². The zero-order chi connectivity index (χ0) is 20.5. The van der Waals surface area contributed by atoms with Crippen LogP contribution in [0.2, 0.25) is 0 Å². The Morgan fingerprint density at radius 3 is 2.39 bits per heavy atom. The molecule has 28 heavy (non-hydrogen) atoms. The SMILES string of the molecule is CC(C)(C)c1cc(NC(=O)Nc2cccc(F)c2F)n(-c2ccc(O)cc2)n1. The molecule has 146 valence electrons. The molecular formula is C20H20F2N4O2. The summed E-state index contributed by atoms with van der Waals surface area (Å²) in [5, 5.41) is 18.9. The van der Waals surface area contributed by atoms with Crippen molar-refractivity contribution >= 4 is 17.5 Å². The number of phenolic OH excluding ortho intramolecular Hbond substituents is 1. The molecule has 8 heteroatoms. The fourth-order valence-corrected chi connectivity index (χ4v) is 2.50. The van der Waals surface area contributed by atoms with Gasteiger partial charge in [0.1, 0.15) is 11.6 Å². The van der Waals surface area contributed by atoms with Gasteiger partial charge in [-0.25, -0.2) is 18.3 Å². The van der Waals surface area contributed by atoms with E-state index in [4.69, 9.17) is 0 Å². The van der Waals surface area contributed by atoms with Gasteiger partial charge in [0.15, 0.2) is 11.6 Å². The Bertz CT molecular complexity index is 1010. The van der Waals surface area contributed by atoms with E-state index in [0.717, 1.165) is 6.07 Å². The Kier molecular flexibility index (Phi) is 5.04. The molecular weight excluding hydrogens is 366 g/mol. The number of carbonyl (C=O) groups is 1. The highest BCUT2D eigenvalue weighted by atomic mass is 19.2. The summed E-state index contributed by atoms with van der Waals surface area (Å²) in [6.07, 6.45) is 0. The van der Waals surface area contributed by atoms with Crippen LogP contribution in [0.4, 0.5) is 25.1 Å². The molecule has 0 unspecified atom stereocenters. The molecule has 0 radical (unpaired) electrons.